The minimum atomic E-state index is -0.110. The molecule has 0 unspecified atom stereocenters. The van der Waals surface area contributed by atoms with E-state index >= 15 is 0 Å². The fourth-order valence-corrected chi connectivity index (χ4v) is 3.82. The van der Waals surface area contributed by atoms with Crippen LogP contribution in [0.4, 0.5) is 0 Å². The van der Waals surface area contributed by atoms with Gasteiger partial charge in [-0.3, -0.25) is 9.20 Å². The van der Waals surface area contributed by atoms with Crippen molar-refractivity contribution < 1.29 is 4.79 Å². The summed E-state index contributed by atoms with van der Waals surface area (Å²) in [6.07, 6.45) is 1.89. The number of fused-ring (bicyclic) bond motifs is 3. The lowest BCUT2D eigenvalue weighted by atomic mass is 9.97. The van der Waals surface area contributed by atoms with E-state index in [2.05, 4.69) is 45.8 Å². The lowest BCUT2D eigenvalue weighted by Gasteiger charge is -2.13. The molecule has 0 atom stereocenters. The van der Waals surface area contributed by atoms with Crippen LogP contribution in [-0.2, 0) is 17.9 Å². The summed E-state index contributed by atoms with van der Waals surface area (Å²) in [4.78, 5) is 16.3. The highest BCUT2D eigenvalue weighted by Gasteiger charge is 2.15. The van der Waals surface area contributed by atoms with E-state index in [-0.39, 0.29) is 5.91 Å². The molecule has 5 rings (SSSR count). The molecule has 0 spiro atoms. The number of hydrogen-bond donors (Lipinski definition) is 2. The minimum absolute atomic E-state index is 0.110. The van der Waals surface area contributed by atoms with Gasteiger partial charge in [0, 0.05) is 36.2 Å². The van der Waals surface area contributed by atoms with Crippen LogP contribution in [0.25, 0.3) is 38.9 Å². The summed E-state index contributed by atoms with van der Waals surface area (Å²) in [5, 5.41) is 12.3. The molecular formula is C25H22N6O. The van der Waals surface area contributed by atoms with E-state index in [0.29, 0.717) is 24.6 Å². The van der Waals surface area contributed by atoms with Crippen molar-refractivity contribution in [2.45, 2.75) is 20.0 Å². The molecule has 3 aromatic heterocycles. The highest BCUT2D eigenvalue weighted by Crippen LogP contribution is 2.34. The lowest BCUT2D eigenvalue weighted by molar-refractivity contribution is -0.119. The Morgan fingerprint density at radius 1 is 1.00 bits per heavy atom. The van der Waals surface area contributed by atoms with Gasteiger partial charge in [0.2, 0.25) is 5.91 Å². The first-order chi connectivity index (χ1) is 15.6. The number of rotatable bonds is 5. The van der Waals surface area contributed by atoms with Crippen molar-refractivity contribution in [3.63, 3.8) is 0 Å². The third kappa shape index (κ3) is 3.59. The molecule has 3 N–H and O–H groups in total. The molecule has 158 valence electrons. The lowest BCUT2D eigenvalue weighted by Crippen LogP contribution is -2.20. The topological polar surface area (TPSA) is 98.2 Å². The zero-order chi connectivity index (χ0) is 22.1. The molecule has 0 fully saturated rings. The van der Waals surface area contributed by atoms with E-state index in [4.69, 9.17) is 10.7 Å². The van der Waals surface area contributed by atoms with Gasteiger partial charge in [-0.15, -0.1) is 10.2 Å². The van der Waals surface area contributed by atoms with Crippen molar-refractivity contribution in [1.82, 2.24) is 24.9 Å². The molecule has 0 aliphatic carbocycles. The van der Waals surface area contributed by atoms with E-state index in [1.54, 1.807) is 0 Å². The molecule has 0 radical (unpaired) electrons. The van der Waals surface area contributed by atoms with Crippen molar-refractivity contribution in [1.29, 1.82) is 0 Å². The van der Waals surface area contributed by atoms with Gasteiger partial charge in [-0.25, -0.2) is 4.98 Å². The van der Waals surface area contributed by atoms with Crippen molar-refractivity contribution >= 4 is 22.5 Å². The van der Waals surface area contributed by atoms with Crippen LogP contribution in [0, 0.1) is 0 Å². The number of nitrogens with one attached hydrogen (secondary N) is 1. The molecule has 3 heterocycles. The fraction of sp³-hybridized carbons (Fsp3) is 0.120. The van der Waals surface area contributed by atoms with E-state index in [1.807, 2.05) is 47.0 Å². The molecule has 7 nitrogen and oxygen atoms in total. The van der Waals surface area contributed by atoms with Crippen LogP contribution in [-0.4, -0.2) is 25.5 Å². The van der Waals surface area contributed by atoms with Gasteiger partial charge in [-0.05, 0) is 23.3 Å². The summed E-state index contributed by atoms with van der Waals surface area (Å²) in [5.41, 5.74) is 12.4. The van der Waals surface area contributed by atoms with Crippen molar-refractivity contribution in [2.75, 3.05) is 0 Å². The van der Waals surface area contributed by atoms with Gasteiger partial charge < -0.3 is 11.1 Å². The summed E-state index contributed by atoms with van der Waals surface area (Å²) in [7, 11) is 0. The van der Waals surface area contributed by atoms with Crippen LogP contribution in [0.1, 0.15) is 18.3 Å². The second-order valence-electron chi connectivity index (χ2n) is 7.62. The third-order valence-corrected chi connectivity index (χ3v) is 5.48. The summed E-state index contributed by atoms with van der Waals surface area (Å²) >= 11 is 0. The van der Waals surface area contributed by atoms with E-state index < -0.39 is 0 Å². The monoisotopic (exact) mass is 422 g/mol. The second-order valence-corrected chi connectivity index (χ2v) is 7.62. The van der Waals surface area contributed by atoms with E-state index in [0.717, 1.165) is 38.9 Å². The number of nitrogens with two attached hydrogens (primary N) is 1. The number of aromatic nitrogens is 4. The number of hydrogen-bond acceptors (Lipinski definition) is 5. The van der Waals surface area contributed by atoms with Gasteiger partial charge in [0.25, 0.3) is 0 Å². The minimum Gasteiger partial charge on any atom is -0.349 e. The maximum atomic E-state index is 11.3. The summed E-state index contributed by atoms with van der Waals surface area (Å²) < 4.78 is 1.89. The predicted molar refractivity (Wildman–Crippen MR) is 125 cm³/mol. The number of carbonyl (C=O) groups is 1. The molecule has 0 bridgehead atoms. The zero-order valence-corrected chi connectivity index (χ0v) is 17.6. The van der Waals surface area contributed by atoms with E-state index in [9.17, 15) is 4.79 Å². The standard InChI is InChI=1S/C25H22N6O/c1-16(32)27-15-23-29-30-25-21-13-20(18-5-3-2-4-6-18)24(28-22(21)11-12-31(23)25)19-9-7-17(14-26)8-10-19/h2-13H,14-15,26H2,1H3,(H,27,32). The van der Waals surface area contributed by atoms with Gasteiger partial charge in [0.15, 0.2) is 11.5 Å². The number of pyridine rings is 2. The summed E-state index contributed by atoms with van der Waals surface area (Å²) in [6, 6.07) is 22.4. The number of carbonyl (C=O) groups excluding carboxylic acids is 1. The highest BCUT2D eigenvalue weighted by molar-refractivity contribution is 5.98. The Bertz CT molecular complexity index is 1420. The molecule has 2 aromatic carbocycles. The molecule has 0 saturated heterocycles. The predicted octanol–water partition coefficient (Wildman–Crippen LogP) is 3.71. The van der Waals surface area contributed by atoms with Gasteiger partial charge >= 0.3 is 0 Å². The Morgan fingerprint density at radius 2 is 1.78 bits per heavy atom. The molecule has 0 saturated carbocycles. The maximum Gasteiger partial charge on any atom is 0.217 e. The second kappa shape index (κ2) is 8.20. The normalized spacial score (nSPS) is 11.2. The zero-order valence-electron chi connectivity index (χ0n) is 17.6. The maximum absolute atomic E-state index is 11.3. The van der Waals surface area contributed by atoms with Crippen molar-refractivity contribution in [2.24, 2.45) is 5.73 Å². The molecular weight excluding hydrogens is 400 g/mol. The van der Waals surface area contributed by atoms with Gasteiger partial charge in [-0.2, -0.15) is 0 Å². The SMILES string of the molecule is CC(=O)NCc1nnc2c3cc(-c4ccccc4)c(-c4ccc(CN)cc4)nc3ccn12. The first kappa shape index (κ1) is 19.8. The van der Waals surface area contributed by atoms with Gasteiger partial charge in [-0.1, -0.05) is 54.6 Å². The van der Waals surface area contributed by atoms with Crippen molar-refractivity contribution in [3.05, 3.63) is 84.3 Å². The van der Waals surface area contributed by atoms with Crippen LogP contribution in [0.3, 0.4) is 0 Å². The summed E-state index contributed by atoms with van der Waals surface area (Å²) in [6.45, 7) is 2.30. The Labute approximate surface area is 184 Å². The third-order valence-electron chi connectivity index (χ3n) is 5.48. The Balaban J connectivity index is 1.73. The Morgan fingerprint density at radius 3 is 2.50 bits per heavy atom. The smallest absolute Gasteiger partial charge is 0.217 e. The number of nitrogens with zero attached hydrogens (tertiary/aromatic N) is 4. The van der Waals surface area contributed by atoms with Crippen LogP contribution >= 0.6 is 0 Å². The first-order valence-corrected chi connectivity index (χ1v) is 10.4. The van der Waals surface area contributed by atoms with E-state index in [1.165, 1.54) is 6.92 Å². The van der Waals surface area contributed by atoms with Crippen LogP contribution in [0.15, 0.2) is 72.9 Å². The largest absolute Gasteiger partial charge is 0.349 e. The average Bonchev–Trinajstić information content (AvgIpc) is 3.26. The summed E-state index contributed by atoms with van der Waals surface area (Å²) in [5.74, 6) is 0.556. The Kier molecular flexibility index (Phi) is 5.09. The van der Waals surface area contributed by atoms with Crippen LogP contribution in [0.2, 0.25) is 0 Å². The highest BCUT2D eigenvalue weighted by atomic mass is 16.1. The van der Waals surface area contributed by atoms with Crippen LogP contribution < -0.4 is 11.1 Å². The first-order valence-electron chi connectivity index (χ1n) is 10.4. The molecule has 0 aliphatic heterocycles. The van der Waals surface area contributed by atoms with Gasteiger partial charge in [0.05, 0.1) is 17.8 Å². The number of benzene rings is 2. The fourth-order valence-electron chi connectivity index (χ4n) is 3.82. The Hall–Kier alpha value is -4.10. The molecule has 32 heavy (non-hydrogen) atoms. The molecule has 5 aromatic rings. The van der Waals surface area contributed by atoms with Crippen molar-refractivity contribution in [3.8, 4) is 22.4 Å². The molecule has 1 amide bonds. The van der Waals surface area contributed by atoms with Crippen LogP contribution in [0.5, 0.6) is 0 Å². The molecule has 0 aliphatic rings. The average molecular weight is 422 g/mol. The van der Waals surface area contributed by atoms with Gasteiger partial charge in [0.1, 0.15) is 0 Å². The quantitative estimate of drug-likeness (QED) is 0.450. The molecule has 7 heteroatoms. The number of amides is 1.